The summed E-state index contributed by atoms with van der Waals surface area (Å²) in [5.74, 6) is 2.90. The van der Waals surface area contributed by atoms with Gasteiger partial charge in [-0.2, -0.15) is 9.97 Å². The molecule has 1 aliphatic carbocycles. The maximum absolute atomic E-state index is 5.86. The average Bonchev–Trinajstić information content (AvgIpc) is 2.92. The standard InChI is InChI=1S/C15H23N7O/c1-8(2)14-20-13(23-21-14)7-22(3)12-6-11(18-15(17)19-12)9-4-10(16)5-9/h6,8-10H,4-5,7,16H2,1-3H3,(H2,17,18,19). The number of hydrogen-bond donors (Lipinski definition) is 2. The Balaban J connectivity index is 1.74. The third kappa shape index (κ3) is 3.42. The monoisotopic (exact) mass is 317 g/mol. The van der Waals surface area contributed by atoms with E-state index in [0.29, 0.717) is 24.2 Å². The zero-order valence-electron chi connectivity index (χ0n) is 13.7. The highest BCUT2D eigenvalue weighted by atomic mass is 16.5. The van der Waals surface area contributed by atoms with Crippen molar-refractivity contribution in [3.63, 3.8) is 0 Å². The van der Waals surface area contributed by atoms with Crippen LogP contribution in [0, 0.1) is 0 Å². The third-order valence-corrected chi connectivity index (χ3v) is 4.11. The van der Waals surface area contributed by atoms with Gasteiger partial charge in [0.15, 0.2) is 5.82 Å². The van der Waals surface area contributed by atoms with Crippen LogP contribution in [0.3, 0.4) is 0 Å². The molecule has 0 aliphatic heterocycles. The first kappa shape index (κ1) is 15.7. The molecule has 1 aliphatic rings. The lowest BCUT2D eigenvalue weighted by Crippen LogP contribution is -2.35. The van der Waals surface area contributed by atoms with Gasteiger partial charge in [0.1, 0.15) is 5.82 Å². The van der Waals surface area contributed by atoms with Crippen LogP contribution in [0.25, 0.3) is 0 Å². The van der Waals surface area contributed by atoms with Crippen molar-refractivity contribution in [2.45, 2.75) is 51.1 Å². The highest BCUT2D eigenvalue weighted by Crippen LogP contribution is 2.35. The lowest BCUT2D eigenvalue weighted by molar-refractivity contribution is 0.345. The van der Waals surface area contributed by atoms with Crippen LogP contribution >= 0.6 is 0 Å². The van der Waals surface area contributed by atoms with Gasteiger partial charge in [0, 0.05) is 31.0 Å². The Morgan fingerprint density at radius 1 is 1.30 bits per heavy atom. The van der Waals surface area contributed by atoms with Gasteiger partial charge in [0.25, 0.3) is 0 Å². The van der Waals surface area contributed by atoms with Gasteiger partial charge in [-0.05, 0) is 12.8 Å². The van der Waals surface area contributed by atoms with Gasteiger partial charge in [0.05, 0.1) is 12.2 Å². The van der Waals surface area contributed by atoms with Crippen molar-refractivity contribution >= 4 is 11.8 Å². The second kappa shape index (κ2) is 6.11. The summed E-state index contributed by atoms with van der Waals surface area (Å²) in [5.41, 5.74) is 12.7. The molecule has 0 atom stereocenters. The second-order valence-corrected chi connectivity index (χ2v) is 6.49. The van der Waals surface area contributed by atoms with Gasteiger partial charge < -0.3 is 20.9 Å². The lowest BCUT2D eigenvalue weighted by Gasteiger charge is -2.32. The van der Waals surface area contributed by atoms with Gasteiger partial charge >= 0.3 is 0 Å². The molecule has 2 aromatic rings. The second-order valence-electron chi connectivity index (χ2n) is 6.49. The maximum Gasteiger partial charge on any atom is 0.246 e. The molecule has 124 valence electrons. The smallest absolute Gasteiger partial charge is 0.246 e. The first-order chi connectivity index (χ1) is 10.9. The molecule has 4 N–H and O–H groups in total. The van der Waals surface area contributed by atoms with Crippen LogP contribution in [0.4, 0.5) is 11.8 Å². The van der Waals surface area contributed by atoms with Crippen molar-refractivity contribution in [2.24, 2.45) is 5.73 Å². The van der Waals surface area contributed by atoms with Crippen molar-refractivity contribution in [2.75, 3.05) is 17.7 Å². The lowest BCUT2D eigenvalue weighted by atomic mass is 9.78. The number of hydrogen-bond acceptors (Lipinski definition) is 8. The number of nitrogens with zero attached hydrogens (tertiary/aromatic N) is 5. The summed E-state index contributed by atoms with van der Waals surface area (Å²) in [6, 6.07) is 2.23. The summed E-state index contributed by atoms with van der Waals surface area (Å²) in [6.07, 6.45) is 1.89. The molecule has 2 aromatic heterocycles. The largest absolute Gasteiger partial charge is 0.368 e. The fourth-order valence-corrected chi connectivity index (χ4v) is 2.63. The molecule has 2 heterocycles. The van der Waals surface area contributed by atoms with Crippen LogP contribution in [-0.2, 0) is 6.54 Å². The van der Waals surface area contributed by atoms with Crippen LogP contribution in [-0.4, -0.2) is 33.2 Å². The van der Waals surface area contributed by atoms with Gasteiger partial charge in [-0.25, -0.2) is 4.98 Å². The normalized spacial score (nSPS) is 20.6. The van der Waals surface area contributed by atoms with Gasteiger partial charge in [-0.3, -0.25) is 0 Å². The fraction of sp³-hybridized carbons (Fsp3) is 0.600. The van der Waals surface area contributed by atoms with E-state index in [1.807, 2.05) is 31.9 Å². The summed E-state index contributed by atoms with van der Waals surface area (Å²) >= 11 is 0. The Bertz CT molecular complexity index is 678. The Kier molecular flexibility index (Phi) is 4.16. The minimum atomic E-state index is 0.238. The molecule has 0 spiro atoms. The van der Waals surface area contributed by atoms with Gasteiger partial charge in [-0.15, -0.1) is 0 Å². The number of aromatic nitrogens is 4. The summed E-state index contributed by atoms with van der Waals surface area (Å²) < 4.78 is 5.28. The van der Waals surface area contributed by atoms with E-state index >= 15 is 0 Å². The zero-order chi connectivity index (χ0) is 16.6. The molecule has 0 unspecified atom stereocenters. The van der Waals surface area contributed by atoms with E-state index < -0.39 is 0 Å². The molecule has 1 saturated carbocycles. The molecular weight excluding hydrogens is 294 g/mol. The quantitative estimate of drug-likeness (QED) is 0.849. The van der Waals surface area contributed by atoms with E-state index in [1.54, 1.807) is 0 Å². The Morgan fingerprint density at radius 2 is 2.04 bits per heavy atom. The first-order valence-electron chi connectivity index (χ1n) is 7.86. The average molecular weight is 317 g/mol. The summed E-state index contributed by atoms with van der Waals surface area (Å²) in [4.78, 5) is 15.0. The molecule has 8 nitrogen and oxygen atoms in total. The minimum absolute atomic E-state index is 0.238. The van der Waals surface area contributed by atoms with Gasteiger partial charge in [0.2, 0.25) is 11.8 Å². The zero-order valence-corrected chi connectivity index (χ0v) is 13.7. The van der Waals surface area contributed by atoms with E-state index in [0.717, 1.165) is 24.4 Å². The van der Waals surface area contributed by atoms with Crippen molar-refractivity contribution in [3.8, 4) is 0 Å². The number of rotatable bonds is 5. The van der Waals surface area contributed by atoms with Crippen LogP contribution in [0.2, 0.25) is 0 Å². The molecule has 1 fully saturated rings. The molecule has 8 heteroatoms. The Morgan fingerprint density at radius 3 is 2.65 bits per heavy atom. The molecular formula is C15H23N7O. The predicted molar refractivity (Wildman–Crippen MR) is 86.9 cm³/mol. The number of nitrogen functional groups attached to an aromatic ring is 1. The first-order valence-corrected chi connectivity index (χ1v) is 7.86. The van der Waals surface area contributed by atoms with E-state index in [4.69, 9.17) is 16.0 Å². The van der Waals surface area contributed by atoms with Crippen LogP contribution in [0.5, 0.6) is 0 Å². The van der Waals surface area contributed by atoms with Crippen molar-refractivity contribution in [3.05, 3.63) is 23.5 Å². The minimum Gasteiger partial charge on any atom is -0.368 e. The van der Waals surface area contributed by atoms with E-state index in [2.05, 4.69) is 20.1 Å². The summed E-state index contributed by atoms with van der Waals surface area (Å²) in [7, 11) is 1.91. The van der Waals surface area contributed by atoms with Crippen LogP contribution < -0.4 is 16.4 Å². The molecule has 0 bridgehead atoms. The van der Waals surface area contributed by atoms with Gasteiger partial charge in [-0.1, -0.05) is 19.0 Å². The highest BCUT2D eigenvalue weighted by Gasteiger charge is 2.29. The summed E-state index contributed by atoms with van der Waals surface area (Å²) in [6.45, 7) is 4.53. The predicted octanol–water partition coefficient (Wildman–Crippen LogP) is 1.41. The van der Waals surface area contributed by atoms with Crippen LogP contribution in [0.15, 0.2) is 10.6 Å². The molecule has 3 rings (SSSR count). The molecule has 0 aromatic carbocycles. The summed E-state index contributed by atoms with van der Waals surface area (Å²) in [5, 5.41) is 3.97. The third-order valence-electron chi connectivity index (χ3n) is 4.11. The Labute approximate surface area is 135 Å². The number of nitrogens with two attached hydrogens (primary N) is 2. The molecule has 0 amide bonds. The highest BCUT2D eigenvalue weighted by molar-refractivity contribution is 5.44. The number of anilines is 2. The Hall–Kier alpha value is -2.22. The molecule has 23 heavy (non-hydrogen) atoms. The van der Waals surface area contributed by atoms with E-state index in [9.17, 15) is 0 Å². The van der Waals surface area contributed by atoms with E-state index in [-0.39, 0.29) is 17.9 Å². The maximum atomic E-state index is 5.86. The van der Waals surface area contributed by atoms with E-state index in [1.165, 1.54) is 0 Å². The molecule has 0 radical (unpaired) electrons. The topological polar surface area (TPSA) is 120 Å². The molecule has 0 saturated heterocycles. The SMILES string of the molecule is CC(C)c1noc(CN(C)c2cc(C3CC(N)C3)nc(N)n2)n1. The fourth-order valence-electron chi connectivity index (χ4n) is 2.63. The van der Waals surface area contributed by atoms with Crippen molar-refractivity contribution < 1.29 is 4.52 Å². The van der Waals surface area contributed by atoms with Crippen molar-refractivity contribution in [1.29, 1.82) is 0 Å². The van der Waals surface area contributed by atoms with Crippen LogP contribution in [0.1, 0.15) is 55.9 Å². The van der Waals surface area contributed by atoms with Crippen molar-refractivity contribution in [1.82, 2.24) is 20.1 Å².